The summed E-state index contributed by atoms with van der Waals surface area (Å²) in [6.45, 7) is 3.56. The average Bonchev–Trinajstić information content (AvgIpc) is 2.68. The Balaban J connectivity index is 1.77. The van der Waals surface area contributed by atoms with E-state index in [0.29, 0.717) is 29.3 Å². The first-order valence-corrected chi connectivity index (χ1v) is 8.64. The van der Waals surface area contributed by atoms with Gasteiger partial charge in [-0.3, -0.25) is 14.6 Å². The number of nitriles is 1. The van der Waals surface area contributed by atoms with E-state index < -0.39 is 0 Å². The number of anilines is 1. The number of likely N-dealkylation sites (tertiary alicyclic amines) is 1. The van der Waals surface area contributed by atoms with Crippen molar-refractivity contribution in [1.82, 2.24) is 9.88 Å². The summed E-state index contributed by atoms with van der Waals surface area (Å²) in [7, 11) is 0. The maximum atomic E-state index is 12.7. The minimum Gasteiger partial charge on any atom is -0.337 e. The molecule has 6 nitrogen and oxygen atoms in total. The van der Waals surface area contributed by atoms with Crippen molar-refractivity contribution in [3.8, 4) is 6.07 Å². The number of amides is 2. The number of nitrogens with one attached hydrogen (secondary N) is 1. The Morgan fingerprint density at radius 2 is 2.12 bits per heavy atom. The van der Waals surface area contributed by atoms with E-state index in [-0.39, 0.29) is 17.5 Å². The van der Waals surface area contributed by atoms with Crippen molar-refractivity contribution in [2.45, 2.75) is 19.8 Å². The first-order chi connectivity index (χ1) is 12.6. The number of pyridine rings is 1. The molecule has 1 unspecified atom stereocenters. The number of nitrogens with zero attached hydrogens (tertiary/aromatic N) is 3. The van der Waals surface area contributed by atoms with E-state index in [9.17, 15) is 9.59 Å². The molecule has 132 valence electrons. The summed E-state index contributed by atoms with van der Waals surface area (Å²) in [5.74, 6) is -0.0542. The Hall–Kier alpha value is -3.20. The highest BCUT2D eigenvalue weighted by Crippen LogP contribution is 2.18. The van der Waals surface area contributed by atoms with E-state index >= 15 is 0 Å². The monoisotopic (exact) mass is 348 g/mol. The minimum absolute atomic E-state index is 0.149. The second-order valence-electron chi connectivity index (χ2n) is 6.54. The third-order valence-electron chi connectivity index (χ3n) is 4.48. The van der Waals surface area contributed by atoms with E-state index in [4.69, 9.17) is 5.26 Å². The Labute approximate surface area is 152 Å². The van der Waals surface area contributed by atoms with E-state index in [1.165, 1.54) is 12.3 Å². The smallest absolute Gasteiger partial charge is 0.272 e. The largest absolute Gasteiger partial charge is 0.337 e. The third kappa shape index (κ3) is 3.89. The molecular weight excluding hydrogens is 328 g/mol. The van der Waals surface area contributed by atoms with Crippen LogP contribution in [0.4, 0.5) is 5.69 Å². The fourth-order valence-electron chi connectivity index (χ4n) is 3.11. The van der Waals surface area contributed by atoms with Crippen molar-refractivity contribution in [3.63, 3.8) is 0 Å². The Bertz CT molecular complexity index is 872. The zero-order valence-corrected chi connectivity index (χ0v) is 14.6. The maximum absolute atomic E-state index is 12.7. The van der Waals surface area contributed by atoms with Crippen molar-refractivity contribution in [1.29, 1.82) is 5.26 Å². The lowest BCUT2D eigenvalue weighted by molar-refractivity contribution is 0.0677. The summed E-state index contributed by atoms with van der Waals surface area (Å²) >= 11 is 0. The highest BCUT2D eigenvalue weighted by molar-refractivity contribution is 6.06. The van der Waals surface area contributed by atoms with E-state index in [1.807, 2.05) is 6.07 Å². The quantitative estimate of drug-likeness (QED) is 0.923. The first-order valence-electron chi connectivity index (χ1n) is 8.64. The maximum Gasteiger partial charge on any atom is 0.272 e. The number of carbonyl (C=O) groups excluding carboxylic acids is 2. The number of benzene rings is 1. The molecule has 0 saturated carbocycles. The Morgan fingerprint density at radius 3 is 2.88 bits per heavy atom. The summed E-state index contributed by atoms with van der Waals surface area (Å²) < 4.78 is 0. The van der Waals surface area contributed by atoms with Gasteiger partial charge in [0, 0.05) is 24.8 Å². The molecule has 1 aliphatic rings. The van der Waals surface area contributed by atoms with Crippen LogP contribution >= 0.6 is 0 Å². The van der Waals surface area contributed by atoms with Crippen LogP contribution in [-0.4, -0.2) is 34.8 Å². The molecule has 1 saturated heterocycles. The Morgan fingerprint density at radius 1 is 1.31 bits per heavy atom. The number of rotatable bonds is 3. The van der Waals surface area contributed by atoms with Crippen LogP contribution in [0.5, 0.6) is 0 Å². The molecule has 26 heavy (non-hydrogen) atoms. The van der Waals surface area contributed by atoms with Gasteiger partial charge in [0.1, 0.15) is 11.8 Å². The van der Waals surface area contributed by atoms with E-state index in [0.717, 1.165) is 19.4 Å². The second kappa shape index (κ2) is 7.79. The number of piperidine rings is 1. The van der Waals surface area contributed by atoms with Crippen LogP contribution in [-0.2, 0) is 0 Å². The van der Waals surface area contributed by atoms with Crippen LogP contribution in [0.25, 0.3) is 0 Å². The van der Waals surface area contributed by atoms with Gasteiger partial charge in [-0.25, -0.2) is 0 Å². The summed E-state index contributed by atoms with van der Waals surface area (Å²) in [4.78, 5) is 31.1. The molecule has 0 spiro atoms. The van der Waals surface area contributed by atoms with Crippen LogP contribution in [0.3, 0.4) is 0 Å². The van der Waals surface area contributed by atoms with Gasteiger partial charge in [-0.15, -0.1) is 0 Å². The summed E-state index contributed by atoms with van der Waals surface area (Å²) in [6, 6.07) is 11.9. The topological polar surface area (TPSA) is 86.1 Å². The number of para-hydroxylation sites is 1. The normalized spacial score (nSPS) is 16.6. The number of aromatic nitrogens is 1. The van der Waals surface area contributed by atoms with Crippen molar-refractivity contribution >= 4 is 17.5 Å². The molecule has 0 radical (unpaired) electrons. The van der Waals surface area contributed by atoms with Crippen LogP contribution in [0.15, 0.2) is 42.6 Å². The van der Waals surface area contributed by atoms with E-state index in [2.05, 4.69) is 17.2 Å². The third-order valence-corrected chi connectivity index (χ3v) is 4.48. The zero-order chi connectivity index (χ0) is 18.5. The molecule has 1 N–H and O–H groups in total. The zero-order valence-electron chi connectivity index (χ0n) is 14.6. The van der Waals surface area contributed by atoms with Gasteiger partial charge in [0.05, 0.1) is 11.3 Å². The van der Waals surface area contributed by atoms with Crippen LogP contribution in [0, 0.1) is 17.2 Å². The predicted molar refractivity (Wildman–Crippen MR) is 97.6 cm³/mol. The molecule has 2 heterocycles. The second-order valence-corrected chi connectivity index (χ2v) is 6.54. The highest BCUT2D eigenvalue weighted by Gasteiger charge is 2.23. The molecule has 0 bridgehead atoms. The lowest BCUT2D eigenvalue weighted by atomic mass is 10.00. The molecule has 1 aromatic carbocycles. The Kier molecular flexibility index (Phi) is 5.28. The minimum atomic E-state index is -0.379. The van der Waals surface area contributed by atoms with Gasteiger partial charge in [-0.05, 0) is 43.0 Å². The molecule has 1 aliphatic heterocycles. The fourth-order valence-corrected chi connectivity index (χ4v) is 3.11. The molecule has 2 amide bonds. The molecule has 1 fully saturated rings. The van der Waals surface area contributed by atoms with Crippen molar-refractivity contribution in [3.05, 3.63) is 59.4 Å². The fraction of sp³-hybridized carbons (Fsp3) is 0.300. The van der Waals surface area contributed by atoms with Gasteiger partial charge in [0.2, 0.25) is 0 Å². The van der Waals surface area contributed by atoms with E-state index in [1.54, 1.807) is 35.2 Å². The average molecular weight is 348 g/mol. The molecule has 2 aromatic rings. The molecule has 1 aromatic heterocycles. The predicted octanol–water partition coefficient (Wildman–Crippen LogP) is 3.08. The van der Waals surface area contributed by atoms with Gasteiger partial charge in [-0.2, -0.15) is 5.26 Å². The summed E-state index contributed by atoms with van der Waals surface area (Å²) in [5, 5.41) is 11.8. The highest BCUT2D eigenvalue weighted by atomic mass is 16.2. The van der Waals surface area contributed by atoms with Gasteiger partial charge < -0.3 is 10.2 Å². The lowest BCUT2D eigenvalue weighted by Gasteiger charge is -2.30. The van der Waals surface area contributed by atoms with Gasteiger partial charge in [-0.1, -0.05) is 19.1 Å². The van der Waals surface area contributed by atoms with Crippen molar-refractivity contribution < 1.29 is 9.59 Å². The van der Waals surface area contributed by atoms with Gasteiger partial charge in [0.15, 0.2) is 0 Å². The van der Waals surface area contributed by atoms with Gasteiger partial charge >= 0.3 is 0 Å². The SMILES string of the molecule is CC1CCCN(C(=O)c2cc(C(=O)Nc3ccccc3C#N)ccn2)C1. The molecule has 3 rings (SSSR count). The number of hydrogen-bond acceptors (Lipinski definition) is 4. The summed E-state index contributed by atoms with van der Waals surface area (Å²) in [6.07, 6.45) is 3.57. The van der Waals surface area contributed by atoms with Crippen LogP contribution in [0.2, 0.25) is 0 Å². The molecule has 0 aliphatic carbocycles. The molecule has 1 atom stereocenters. The van der Waals surface area contributed by atoms with Gasteiger partial charge in [0.25, 0.3) is 11.8 Å². The molecule has 6 heteroatoms. The van der Waals surface area contributed by atoms with Crippen molar-refractivity contribution in [2.24, 2.45) is 5.92 Å². The van der Waals surface area contributed by atoms with Crippen LogP contribution < -0.4 is 5.32 Å². The molecular formula is C20H20N4O2. The number of carbonyl (C=O) groups is 2. The van der Waals surface area contributed by atoms with Crippen LogP contribution in [0.1, 0.15) is 46.2 Å². The summed E-state index contributed by atoms with van der Waals surface area (Å²) in [5.41, 5.74) is 1.42. The van der Waals surface area contributed by atoms with Crippen molar-refractivity contribution in [2.75, 3.05) is 18.4 Å². The standard InChI is InChI=1S/C20H20N4O2/c1-14-5-4-10-24(13-14)20(26)18-11-15(8-9-22-18)19(25)23-17-7-3-2-6-16(17)12-21/h2-3,6-9,11,14H,4-5,10,13H2,1H3,(H,23,25). The first kappa shape index (κ1) is 17.6. The lowest BCUT2D eigenvalue weighted by Crippen LogP contribution is -2.39. The number of hydrogen-bond donors (Lipinski definition) is 1.